The number of piperazine rings is 1. The number of rotatable bonds is 5. The smallest absolute Gasteiger partial charge is 0.235 e. The fourth-order valence-corrected chi connectivity index (χ4v) is 3.38. The maximum Gasteiger partial charge on any atom is 0.235 e. The van der Waals surface area contributed by atoms with Crippen molar-refractivity contribution < 1.29 is 8.81 Å². The summed E-state index contributed by atoms with van der Waals surface area (Å²) >= 11 is 0. The summed E-state index contributed by atoms with van der Waals surface area (Å²) in [7, 11) is 0. The fourth-order valence-electron chi connectivity index (χ4n) is 3.38. The summed E-state index contributed by atoms with van der Waals surface area (Å²) in [5, 5.41) is 9.45. The maximum atomic E-state index is 13.0. The van der Waals surface area contributed by atoms with Gasteiger partial charge in [-0.1, -0.05) is 42.5 Å². The van der Waals surface area contributed by atoms with Crippen LogP contribution in [-0.2, 0) is 6.54 Å². The van der Waals surface area contributed by atoms with Crippen molar-refractivity contribution >= 4 is 18.0 Å². The van der Waals surface area contributed by atoms with E-state index in [-0.39, 0.29) is 5.82 Å². The average molecular weight is 388 g/mol. The second-order valence-corrected chi connectivity index (χ2v) is 6.95. The van der Waals surface area contributed by atoms with Gasteiger partial charge in [-0.2, -0.15) is 10.2 Å². The zero-order chi connectivity index (χ0) is 20.1. The molecule has 0 N–H and O–H groups in total. The third-order valence-electron chi connectivity index (χ3n) is 4.93. The predicted octanol–water partition coefficient (Wildman–Crippen LogP) is 4.18. The highest BCUT2D eigenvalue weighted by Crippen LogP contribution is 2.24. The molecule has 2 heterocycles. The number of aromatic nitrogens is 1. The summed E-state index contributed by atoms with van der Waals surface area (Å²) in [6.07, 6.45) is 3.48. The van der Waals surface area contributed by atoms with Gasteiger partial charge in [-0.25, -0.2) is 4.39 Å². The van der Waals surface area contributed by atoms with E-state index in [1.54, 1.807) is 24.3 Å². The molecule has 146 valence electrons. The van der Waals surface area contributed by atoms with Crippen LogP contribution in [0.2, 0.25) is 0 Å². The van der Waals surface area contributed by atoms with Crippen LogP contribution < -0.4 is 4.90 Å². The first-order valence-electron chi connectivity index (χ1n) is 9.57. The molecule has 2 aromatic carbocycles. The van der Waals surface area contributed by atoms with Crippen LogP contribution >= 0.6 is 0 Å². The molecule has 0 spiro atoms. The average Bonchev–Trinajstić information content (AvgIpc) is 3.18. The van der Waals surface area contributed by atoms with Crippen LogP contribution in [0.25, 0.3) is 12.2 Å². The Morgan fingerprint density at radius 1 is 1.00 bits per heavy atom. The minimum absolute atomic E-state index is 0.279. The molecule has 0 bridgehead atoms. The zero-order valence-electron chi connectivity index (χ0n) is 16.0. The van der Waals surface area contributed by atoms with Crippen molar-refractivity contribution in [2.75, 3.05) is 31.1 Å². The standard InChI is InChI=1S/C23H21FN4O/c24-20-9-6-18(7-10-20)8-11-22-26-21(16-25)23(29-22)28-14-12-27(13-15-28)17-19-4-2-1-3-5-19/h1-11H,12-15,17H2/b11-8+. The van der Waals surface area contributed by atoms with Gasteiger partial charge in [-0.15, -0.1) is 0 Å². The molecule has 29 heavy (non-hydrogen) atoms. The van der Waals surface area contributed by atoms with Gasteiger partial charge in [0, 0.05) is 38.8 Å². The summed E-state index contributed by atoms with van der Waals surface area (Å²) in [4.78, 5) is 8.74. The predicted molar refractivity (Wildman–Crippen MR) is 110 cm³/mol. The first kappa shape index (κ1) is 18.9. The molecule has 1 saturated heterocycles. The molecule has 0 aliphatic carbocycles. The topological polar surface area (TPSA) is 56.3 Å². The van der Waals surface area contributed by atoms with E-state index in [9.17, 15) is 9.65 Å². The minimum Gasteiger partial charge on any atom is -0.420 e. The molecule has 3 aromatic rings. The number of nitrogens with zero attached hydrogens (tertiary/aromatic N) is 4. The lowest BCUT2D eigenvalue weighted by molar-refractivity contribution is 0.246. The molecule has 6 heteroatoms. The van der Waals surface area contributed by atoms with Crippen LogP contribution in [-0.4, -0.2) is 36.1 Å². The number of oxazole rings is 1. The van der Waals surface area contributed by atoms with E-state index in [0.29, 0.717) is 17.5 Å². The Kier molecular flexibility index (Phi) is 5.68. The first-order valence-corrected chi connectivity index (χ1v) is 9.57. The van der Waals surface area contributed by atoms with Crippen LogP contribution in [0.5, 0.6) is 0 Å². The number of hydrogen-bond acceptors (Lipinski definition) is 5. The zero-order valence-corrected chi connectivity index (χ0v) is 16.0. The molecular formula is C23H21FN4O. The Morgan fingerprint density at radius 3 is 2.41 bits per heavy atom. The van der Waals surface area contributed by atoms with Crippen LogP contribution in [0.4, 0.5) is 10.3 Å². The molecule has 0 atom stereocenters. The lowest BCUT2D eigenvalue weighted by Crippen LogP contribution is -2.46. The van der Waals surface area contributed by atoms with E-state index in [4.69, 9.17) is 4.42 Å². The molecule has 4 rings (SSSR count). The molecule has 1 aliphatic rings. The van der Waals surface area contributed by atoms with Gasteiger partial charge in [-0.3, -0.25) is 4.90 Å². The van der Waals surface area contributed by atoms with Crippen molar-refractivity contribution in [3.8, 4) is 6.07 Å². The van der Waals surface area contributed by atoms with E-state index in [1.165, 1.54) is 17.7 Å². The first-order chi connectivity index (χ1) is 14.2. The van der Waals surface area contributed by atoms with Crippen molar-refractivity contribution in [3.05, 3.63) is 83.1 Å². The highest BCUT2D eigenvalue weighted by molar-refractivity contribution is 5.67. The van der Waals surface area contributed by atoms with E-state index >= 15 is 0 Å². The van der Waals surface area contributed by atoms with Gasteiger partial charge in [0.25, 0.3) is 0 Å². The van der Waals surface area contributed by atoms with E-state index in [0.717, 1.165) is 38.3 Å². The summed E-state index contributed by atoms with van der Waals surface area (Å²) in [6, 6.07) is 18.7. The lowest BCUT2D eigenvalue weighted by Gasteiger charge is -2.34. The van der Waals surface area contributed by atoms with Gasteiger partial charge in [0.2, 0.25) is 17.5 Å². The maximum absolute atomic E-state index is 13.0. The molecule has 1 aliphatic heterocycles. The molecule has 0 saturated carbocycles. The van der Waals surface area contributed by atoms with Crippen LogP contribution in [0, 0.1) is 17.1 Å². The van der Waals surface area contributed by atoms with Crippen molar-refractivity contribution in [2.24, 2.45) is 0 Å². The van der Waals surface area contributed by atoms with E-state index < -0.39 is 0 Å². The Morgan fingerprint density at radius 2 is 1.72 bits per heavy atom. The van der Waals surface area contributed by atoms with Gasteiger partial charge < -0.3 is 9.32 Å². The van der Waals surface area contributed by atoms with Crippen molar-refractivity contribution in [3.63, 3.8) is 0 Å². The Hall–Kier alpha value is -3.43. The van der Waals surface area contributed by atoms with Gasteiger partial charge in [0.15, 0.2) is 0 Å². The summed E-state index contributed by atoms with van der Waals surface area (Å²) in [6.45, 7) is 4.25. The monoisotopic (exact) mass is 388 g/mol. The van der Waals surface area contributed by atoms with Gasteiger partial charge in [0.1, 0.15) is 11.9 Å². The summed E-state index contributed by atoms with van der Waals surface area (Å²) in [5.74, 6) is 0.608. The number of halogens is 1. The molecule has 0 radical (unpaired) electrons. The number of benzene rings is 2. The van der Waals surface area contributed by atoms with Crippen LogP contribution in [0.15, 0.2) is 59.0 Å². The lowest BCUT2D eigenvalue weighted by atomic mass is 10.2. The van der Waals surface area contributed by atoms with Crippen LogP contribution in [0.1, 0.15) is 22.7 Å². The number of anilines is 1. The SMILES string of the molecule is N#Cc1nc(/C=C/c2ccc(F)cc2)oc1N1CCN(Cc2ccccc2)CC1. The highest BCUT2D eigenvalue weighted by atomic mass is 19.1. The third kappa shape index (κ3) is 4.71. The van der Waals surface area contributed by atoms with Crippen LogP contribution in [0.3, 0.4) is 0 Å². The Bertz CT molecular complexity index is 1010. The molecule has 1 fully saturated rings. The van der Waals surface area contributed by atoms with Gasteiger partial charge in [-0.05, 0) is 29.3 Å². The molecule has 1 aromatic heterocycles. The molecule has 0 unspecified atom stereocenters. The third-order valence-corrected chi connectivity index (χ3v) is 4.93. The molecule has 5 nitrogen and oxygen atoms in total. The van der Waals surface area contributed by atoms with Crippen molar-refractivity contribution in [1.82, 2.24) is 9.88 Å². The minimum atomic E-state index is -0.279. The number of nitriles is 1. The van der Waals surface area contributed by atoms with E-state index in [1.807, 2.05) is 6.07 Å². The molecule has 0 amide bonds. The quantitative estimate of drug-likeness (QED) is 0.656. The largest absolute Gasteiger partial charge is 0.420 e. The summed E-state index contributed by atoms with van der Waals surface area (Å²) < 4.78 is 18.9. The second-order valence-electron chi connectivity index (χ2n) is 6.95. The Labute approximate surface area is 169 Å². The van der Waals surface area contributed by atoms with Gasteiger partial charge in [0.05, 0.1) is 0 Å². The number of hydrogen-bond donors (Lipinski definition) is 0. The fraction of sp³-hybridized carbons (Fsp3) is 0.217. The Balaban J connectivity index is 1.41. The summed E-state index contributed by atoms with van der Waals surface area (Å²) in [5.41, 5.74) is 2.42. The highest BCUT2D eigenvalue weighted by Gasteiger charge is 2.23. The van der Waals surface area contributed by atoms with Crippen molar-refractivity contribution in [2.45, 2.75) is 6.54 Å². The van der Waals surface area contributed by atoms with Gasteiger partial charge >= 0.3 is 0 Å². The second kappa shape index (κ2) is 8.72. The van der Waals surface area contributed by atoms with E-state index in [2.05, 4.69) is 45.1 Å². The molecular weight excluding hydrogens is 367 g/mol. The normalized spacial score (nSPS) is 15.0. The van der Waals surface area contributed by atoms with Crippen molar-refractivity contribution in [1.29, 1.82) is 5.26 Å².